The normalized spacial score (nSPS) is 11.5. The zero-order valence-electron chi connectivity index (χ0n) is 14.0. The van der Waals surface area contributed by atoms with Gasteiger partial charge in [-0.1, -0.05) is 29.8 Å². The van der Waals surface area contributed by atoms with Crippen LogP contribution in [0.3, 0.4) is 0 Å². The van der Waals surface area contributed by atoms with E-state index in [0.29, 0.717) is 12.4 Å². The minimum atomic E-state index is -3.29. The highest BCUT2D eigenvalue weighted by Gasteiger charge is 2.12. The molecule has 24 heavy (non-hydrogen) atoms. The van der Waals surface area contributed by atoms with E-state index in [0.717, 1.165) is 22.9 Å². The van der Waals surface area contributed by atoms with Crippen LogP contribution in [-0.2, 0) is 21.4 Å². The van der Waals surface area contributed by atoms with Crippen molar-refractivity contribution in [3.63, 3.8) is 0 Å². The molecule has 8 heteroatoms. The minimum absolute atomic E-state index is 0.0577. The highest BCUT2D eigenvalue weighted by Crippen LogP contribution is 2.16. The van der Waals surface area contributed by atoms with Crippen LogP contribution < -0.4 is 10.0 Å². The van der Waals surface area contributed by atoms with Crippen LogP contribution in [0, 0.1) is 13.8 Å². The lowest BCUT2D eigenvalue weighted by Crippen LogP contribution is -2.27. The zero-order chi connectivity index (χ0) is 17.7. The van der Waals surface area contributed by atoms with E-state index < -0.39 is 10.0 Å². The summed E-state index contributed by atoms with van der Waals surface area (Å²) >= 11 is 0. The molecule has 0 radical (unpaired) electrons. The van der Waals surface area contributed by atoms with Gasteiger partial charge in [0.1, 0.15) is 5.82 Å². The quantitative estimate of drug-likeness (QED) is 0.790. The summed E-state index contributed by atoms with van der Waals surface area (Å²) in [5, 5.41) is 7.11. The summed E-state index contributed by atoms with van der Waals surface area (Å²) in [5.41, 5.74) is 3.10. The highest BCUT2D eigenvalue weighted by molar-refractivity contribution is 7.88. The first-order chi connectivity index (χ1) is 11.2. The van der Waals surface area contributed by atoms with E-state index in [4.69, 9.17) is 0 Å². The number of carbonyl (C=O) groups is 1. The van der Waals surface area contributed by atoms with Gasteiger partial charge in [-0.15, -0.1) is 0 Å². The molecule has 7 nitrogen and oxygen atoms in total. The van der Waals surface area contributed by atoms with Crippen molar-refractivity contribution < 1.29 is 13.2 Å². The Hall–Kier alpha value is -2.19. The maximum Gasteiger partial charge on any atom is 0.226 e. The summed E-state index contributed by atoms with van der Waals surface area (Å²) in [6.07, 6.45) is 2.81. The number of carbonyl (C=O) groups excluding carboxylic acids is 1. The van der Waals surface area contributed by atoms with Crippen LogP contribution in [0.5, 0.6) is 0 Å². The van der Waals surface area contributed by atoms with E-state index in [2.05, 4.69) is 21.2 Å². The first-order valence-electron chi connectivity index (χ1n) is 7.57. The largest absolute Gasteiger partial charge is 0.311 e. The van der Waals surface area contributed by atoms with Crippen LogP contribution >= 0.6 is 0 Å². The summed E-state index contributed by atoms with van der Waals surface area (Å²) < 4.78 is 26.0. The number of nitrogens with one attached hydrogen (secondary N) is 2. The average molecular weight is 350 g/mol. The van der Waals surface area contributed by atoms with Crippen LogP contribution in [0.4, 0.5) is 5.82 Å². The average Bonchev–Trinajstić information content (AvgIpc) is 2.79. The van der Waals surface area contributed by atoms with Crippen molar-refractivity contribution in [1.82, 2.24) is 14.5 Å². The molecule has 0 unspecified atom stereocenters. The monoisotopic (exact) mass is 350 g/mol. The molecule has 2 aromatic rings. The molecular weight excluding hydrogens is 328 g/mol. The molecule has 0 spiro atoms. The first-order valence-corrected chi connectivity index (χ1v) is 9.46. The van der Waals surface area contributed by atoms with E-state index in [1.54, 1.807) is 10.9 Å². The van der Waals surface area contributed by atoms with Crippen LogP contribution in [0.2, 0.25) is 0 Å². The summed E-state index contributed by atoms with van der Waals surface area (Å²) in [6, 6.07) is 8.08. The first kappa shape index (κ1) is 18.2. The van der Waals surface area contributed by atoms with Gasteiger partial charge in [-0.25, -0.2) is 17.8 Å². The molecule has 0 saturated heterocycles. The van der Waals surface area contributed by atoms with Crippen molar-refractivity contribution in [2.24, 2.45) is 0 Å². The van der Waals surface area contributed by atoms with Gasteiger partial charge in [-0.2, -0.15) is 5.10 Å². The predicted octanol–water partition coefficient (Wildman–Crippen LogP) is 1.43. The Morgan fingerprint density at radius 2 is 2.04 bits per heavy atom. The van der Waals surface area contributed by atoms with Crippen LogP contribution in [-0.4, -0.2) is 36.9 Å². The van der Waals surface area contributed by atoms with Gasteiger partial charge in [-0.3, -0.25) is 4.79 Å². The minimum Gasteiger partial charge on any atom is -0.311 e. The van der Waals surface area contributed by atoms with Gasteiger partial charge < -0.3 is 5.32 Å². The Morgan fingerprint density at radius 3 is 2.71 bits per heavy atom. The molecule has 1 heterocycles. The second-order valence-corrected chi connectivity index (χ2v) is 7.62. The third-order valence-corrected chi connectivity index (χ3v) is 4.14. The van der Waals surface area contributed by atoms with Crippen molar-refractivity contribution >= 4 is 21.7 Å². The zero-order valence-corrected chi connectivity index (χ0v) is 14.9. The Balaban J connectivity index is 2.03. The van der Waals surface area contributed by atoms with Crippen molar-refractivity contribution in [2.45, 2.75) is 26.8 Å². The lowest BCUT2D eigenvalue weighted by Gasteiger charge is -2.11. The third-order valence-electron chi connectivity index (χ3n) is 3.41. The number of rotatable bonds is 7. The predicted molar refractivity (Wildman–Crippen MR) is 93.3 cm³/mol. The fourth-order valence-corrected chi connectivity index (χ4v) is 2.76. The van der Waals surface area contributed by atoms with Gasteiger partial charge in [0.05, 0.1) is 19.0 Å². The molecule has 130 valence electrons. The number of aromatic nitrogens is 2. The van der Waals surface area contributed by atoms with Crippen LogP contribution in [0.15, 0.2) is 30.5 Å². The number of amides is 1. The molecule has 0 aliphatic rings. The fraction of sp³-hybridized carbons (Fsp3) is 0.375. The number of nitrogens with zero attached hydrogens (tertiary/aromatic N) is 2. The van der Waals surface area contributed by atoms with Crippen LogP contribution in [0.1, 0.15) is 23.1 Å². The molecular formula is C16H22N4O3S. The number of hydrogen-bond acceptors (Lipinski definition) is 4. The number of anilines is 1. The van der Waals surface area contributed by atoms with Crippen molar-refractivity contribution in [1.29, 1.82) is 0 Å². The Labute approximate surface area is 142 Å². The van der Waals surface area contributed by atoms with Gasteiger partial charge in [0.15, 0.2) is 0 Å². The smallest absolute Gasteiger partial charge is 0.226 e. The van der Waals surface area contributed by atoms with Gasteiger partial charge >= 0.3 is 0 Å². The molecule has 0 saturated carbocycles. The fourth-order valence-electron chi connectivity index (χ4n) is 2.29. The van der Waals surface area contributed by atoms with E-state index >= 15 is 0 Å². The van der Waals surface area contributed by atoms with Gasteiger partial charge in [-0.05, 0) is 19.4 Å². The van der Waals surface area contributed by atoms with Crippen molar-refractivity contribution in [2.75, 3.05) is 18.1 Å². The lowest BCUT2D eigenvalue weighted by atomic mass is 10.1. The Bertz CT molecular complexity index is 828. The molecule has 1 amide bonds. The third kappa shape index (κ3) is 5.47. The second kappa shape index (κ2) is 7.59. The molecule has 1 aromatic heterocycles. The maximum atomic E-state index is 12.0. The maximum absolute atomic E-state index is 12.0. The topological polar surface area (TPSA) is 93.1 Å². The van der Waals surface area contributed by atoms with Crippen LogP contribution in [0.25, 0.3) is 0 Å². The summed E-state index contributed by atoms with van der Waals surface area (Å²) in [5.74, 6) is 0.362. The Kier molecular flexibility index (Phi) is 5.74. The van der Waals surface area contributed by atoms with Gasteiger partial charge in [0.2, 0.25) is 15.9 Å². The SMILES string of the molecule is Cc1cccc(Cn2ncc(C)c2NC(=O)CCNS(C)(=O)=O)c1. The van der Waals surface area contributed by atoms with E-state index in [-0.39, 0.29) is 18.9 Å². The molecule has 1 aromatic carbocycles. The summed E-state index contributed by atoms with van der Waals surface area (Å²) in [6.45, 7) is 4.50. The number of sulfonamides is 1. The number of hydrogen-bond donors (Lipinski definition) is 2. The highest BCUT2D eigenvalue weighted by atomic mass is 32.2. The molecule has 2 N–H and O–H groups in total. The summed E-state index contributed by atoms with van der Waals surface area (Å²) in [7, 11) is -3.29. The summed E-state index contributed by atoms with van der Waals surface area (Å²) in [4.78, 5) is 12.0. The second-order valence-electron chi connectivity index (χ2n) is 5.79. The van der Waals surface area contributed by atoms with E-state index in [9.17, 15) is 13.2 Å². The molecule has 0 aliphatic heterocycles. The molecule has 2 rings (SSSR count). The van der Waals surface area contributed by atoms with E-state index in [1.807, 2.05) is 32.0 Å². The number of aryl methyl sites for hydroxylation is 2. The molecule has 0 fully saturated rings. The lowest BCUT2D eigenvalue weighted by molar-refractivity contribution is -0.116. The molecule has 0 aliphatic carbocycles. The molecule has 0 atom stereocenters. The number of benzene rings is 1. The van der Waals surface area contributed by atoms with Gasteiger partial charge in [0, 0.05) is 18.5 Å². The van der Waals surface area contributed by atoms with Gasteiger partial charge in [0.25, 0.3) is 0 Å². The van der Waals surface area contributed by atoms with Crippen molar-refractivity contribution in [3.05, 3.63) is 47.2 Å². The van der Waals surface area contributed by atoms with E-state index in [1.165, 1.54) is 0 Å². The molecule has 0 bridgehead atoms. The van der Waals surface area contributed by atoms with Crippen molar-refractivity contribution in [3.8, 4) is 0 Å². The standard InChI is InChI=1S/C16H22N4O3S/c1-12-5-4-6-14(9-12)11-20-16(13(2)10-17-20)19-15(21)7-8-18-24(3,22)23/h4-6,9-10,18H,7-8,11H2,1-3H3,(H,19,21). The Morgan fingerprint density at radius 1 is 1.29 bits per heavy atom.